The van der Waals surface area contributed by atoms with E-state index in [1.165, 1.54) is 25.5 Å². The van der Waals surface area contributed by atoms with Crippen LogP contribution < -0.4 is 15.5 Å². The molecule has 3 heterocycles. The first kappa shape index (κ1) is 14.7. The first-order valence-electron chi connectivity index (χ1n) is 7.33. The zero-order chi connectivity index (χ0) is 15.2. The molecule has 0 bridgehead atoms. The number of amides is 2. The maximum atomic E-state index is 11.8. The van der Waals surface area contributed by atoms with Crippen LogP contribution in [0, 0.1) is 0 Å². The smallest absolute Gasteiger partial charge is 0.320 e. The van der Waals surface area contributed by atoms with Gasteiger partial charge in [0.05, 0.1) is 6.20 Å². The van der Waals surface area contributed by atoms with Gasteiger partial charge in [-0.25, -0.2) is 9.78 Å². The monoisotopic (exact) mass is 318 g/mol. The number of rotatable bonds is 4. The molecule has 1 saturated heterocycles. The van der Waals surface area contributed by atoms with Gasteiger partial charge in [0.1, 0.15) is 10.8 Å². The standard InChI is InChI=1S/C14H18N6OS/c21-14(18-13-10-17-19-22-13)16-9-11-4-5-15-12(8-11)20-6-2-1-3-7-20/h4-5,8,10H,1-3,6-7,9H2,(H2,16,18,21). The molecule has 1 fully saturated rings. The number of hydrogen-bond acceptors (Lipinski definition) is 6. The van der Waals surface area contributed by atoms with Crippen molar-refractivity contribution in [1.82, 2.24) is 19.9 Å². The molecule has 1 aliphatic heterocycles. The third-order valence-corrected chi connectivity index (χ3v) is 4.12. The van der Waals surface area contributed by atoms with Gasteiger partial charge in [0.2, 0.25) is 0 Å². The van der Waals surface area contributed by atoms with Crippen LogP contribution in [0.1, 0.15) is 24.8 Å². The topological polar surface area (TPSA) is 83.0 Å². The Hall–Kier alpha value is -2.22. The second kappa shape index (κ2) is 7.17. The van der Waals surface area contributed by atoms with Crippen molar-refractivity contribution in [3.05, 3.63) is 30.1 Å². The van der Waals surface area contributed by atoms with E-state index in [9.17, 15) is 4.79 Å². The van der Waals surface area contributed by atoms with Crippen LogP contribution >= 0.6 is 11.5 Å². The van der Waals surface area contributed by atoms with E-state index in [4.69, 9.17) is 0 Å². The van der Waals surface area contributed by atoms with Crippen LogP contribution in [0.3, 0.4) is 0 Å². The highest BCUT2D eigenvalue weighted by Crippen LogP contribution is 2.18. The molecule has 0 radical (unpaired) electrons. The number of nitrogens with zero attached hydrogens (tertiary/aromatic N) is 4. The van der Waals surface area contributed by atoms with Gasteiger partial charge in [0, 0.05) is 37.4 Å². The fourth-order valence-electron chi connectivity index (χ4n) is 2.43. The molecule has 0 aliphatic carbocycles. The number of anilines is 2. The lowest BCUT2D eigenvalue weighted by molar-refractivity contribution is 0.252. The lowest BCUT2D eigenvalue weighted by Crippen LogP contribution is -2.30. The second-order valence-corrected chi connectivity index (χ2v) is 5.95. The molecular weight excluding hydrogens is 300 g/mol. The van der Waals surface area contributed by atoms with Gasteiger partial charge in [-0.15, -0.1) is 5.10 Å². The van der Waals surface area contributed by atoms with Crippen LogP contribution in [-0.2, 0) is 6.54 Å². The van der Waals surface area contributed by atoms with Gasteiger partial charge in [-0.3, -0.25) is 5.32 Å². The predicted molar refractivity (Wildman–Crippen MR) is 86.1 cm³/mol. The molecule has 2 aromatic heterocycles. The first-order chi connectivity index (χ1) is 10.8. The van der Waals surface area contributed by atoms with Crippen LogP contribution in [-0.4, -0.2) is 33.7 Å². The maximum absolute atomic E-state index is 11.8. The SMILES string of the molecule is O=C(NCc1ccnc(N2CCCCC2)c1)Nc1cnns1. The highest BCUT2D eigenvalue weighted by atomic mass is 32.1. The summed E-state index contributed by atoms with van der Waals surface area (Å²) < 4.78 is 3.69. The molecule has 1 aliphatic rings. The minimum Gasteiger partial charge on any atom is -0.357 e. The molecule has 0 atom stereocenters. The third-order valence-electron chi connectivity index (χ3n) is 3.54. The van der Waals surface area contributed by atoms with Crippen LogP contribution in [0.4, 0.5) is 15.6 Å². The summed E-state index contributed by atoms with van der Waals surface area (Å²) in [6, 6.07) is 3.70. The molecule has 7 nitrogen and oxygen atoms in total. The summed E-state index contributed by atoms with van der Waals surface area (Å²) in [6.45, 7) is 2.58. The zero-order valence-corrected chi connectivity index (χ0v) is 13.0. The Morgan fingerprint density at radius 1 is 1.32 bits per heavy atom. The quantitative estimate of drug-likeness (QED) is 0.903. The number of pyridine rings is 1. The molecule has 8 heteroatoms. The Kier molecular flexibility index (Phi) is 4.79. The lowest BCUT2D eigenvalue weighted by atomic mass is 10.1. The van der Waals surface area contributed by atoms with E-state index in [-0.39, 0.29) is 6.03 Å². The summed E-state index contributed by atoms with van der Waals surface area (Å²) in [7, 11) is 0. The van der Waals surface area contributed by atoms with Crippen molar-refractivity contribution in [2.45, 2.75) is 25.8 Å². The molecule has 0 spiro atoms. The predicted octanol–water partition coefficient (Wildman–Crippen LogP) is 2.25. The number of urea groups is 1. The molecule has 116 valence electrons. The summed E-state index contributed by atoms with van der Waals surface area (Å²) in [5.74, 6) is 0.992. The molecule has 0 saturated carbocycles. The van der Waals surface area contributed by atoms with E-state index in [1.807, 2.05) is 12.1 Å². The van der Waals surface area contributed by atoms with E-state index >= 15 is 0 Å². The number of nitrogens with one attached hydrogen (secondary N) is 2. The number of carbonyl (C=O) groups excluding carboxylic acids is 1. The Labute approximate surface area is 132 Å². The summed E-state index contributed by atoms with van der Waals surface area (Å²) in [5.41, 5.74) is 1.04. The fraction of sp³-hybridized carbons (Fsp3) is 0.429. The van der Waals surface area contributed by atoms with Gasteiger partial charge in [0.15, 0.2) is 0 Å². The maximum Gasteiger partial charge on any atom is 0.320 e. The average Bonchev–Trinajstić information content (AvgIpc) is 3.07. The average molecular weight is 318 g/mol. The first-order valence-corrected chi connectivity index (χ1v) is 8.11. The summed E-state index contributed by atoms with van der Waals surface area (Å²) in [6.07, 6.45) is 7.05. The molecule has 0 unspecified atom stereocenters. The van der Waals surface area contributed by atoms with E-state index < -0.39 is 0 Å². The van der Waals surface area contributed by atoms with Gasteiger partial charge in [-0.1, -0.05) is 4.49 Å². The Morgan fingerprint density at radius 3 is 2.95 bits per heavy atom. The van der Waals surface area contributed by atoms with Crippen LogP contribution in [0.15, 0.2) is 24.5 Å². The molecule has 22 heavy (non-hydrogen) atoms. The minimum absolute atomic E-state index is 0.262. The van der Waals surface area contributed by atoms with E-state index in [2.05, 4.69) is 30.1 Å². The normalized spacial score (nSPS) is 14.6. The van der Waals surface area contributed by atoms with E-state index in [0.29, 0.717) is 11.5 Å². The fourth-order valence-corrected chi connectivity index (χ4v) is 2.84. The van der Waals surface area contributed by atoms with Crippen molar-refractivity contribution >= 4 is 28.4 Å². The van der Waals surface area contributed by atoms with Crippen molar-refractivity contribution in [1.29, 1.82) is 0 Å². The Morgan fingerprint density at radius 2 is 2.18 bits per heavy atom. The van der Waals surface area contributed by atoms with Crippen LogP contribution in [0.5, 0.6) is 0 Å². The van der Waals surface area contributed by atoms with Crippen molar-refractivity contribution in [2.24, 2.45) is 0 Å². The number of hydrogen-bond donors (Lipinski definition) is 2. The van der Waals surface area contributed by atoms with Gasteiger partial charge in [0.25, 0.3) is 0 Å². The van der Waals surface area contributed by atoms with Gasteiger partial charge >= 0.3 is 6.03 Å². The number of aromatic nitrogens is 3. The van der Waals surface area contributed by atoms with Crippen molar-refractivity contribution in [3.63, 3.8) is 0 Å². The molecular formula is C14H18N6OS. The summed E-state index contributed by atoms with van der Waals surface area (Å²) >= 11 is 1.14. The Balaban J connectivity index is 1.54. The highest BCUT2D eigenvalue weighted by Gasteiger charge is 2.12. The molecule has 3 rings (SSSR count). The summed E-state index contributed by atoms with van der Waals surface area (Å²) in [5, 5.41) is 9.80. The van der Waals surface area contributed by atoms with E-state index in [0.717, 1.165) is 36.0 Å². The number of piperidine rings is 1. The second-order valence-electron chi connectivity index (χ2n) is 5.16. The van der Waals surface area contributed by atoms with Crippen LogP contribution in [0.2, 0.25) is 0 Å². The summed E-state index contributed by atoms with van der Waals surface area (Å²) in [4.78, 5) is 18.5. The van der Waals surface area contributed by atoms with Gasteiger partial charge < -0.3 is 10.2 Å². The largest absolute Gasteiger partial charge is 0.357 e. The van der Waals surface area contributed by atoms with Crippen molar-refractivity contribution in [2.75, 3.05) is 23.3 Å². The lowest BCUT2D eigenvalue weighted by Gasteiger charge is -2.27. The van der Waals surface area contributed by atoms with Crippen molar-refractivity contribution in [3.8, 4) is 0 Å². The Bertz CT molecular complexity index is 612. The highest BCUT2D eigenvalue weighted by molar-refractivity contribution is 7.10. The molecule has 2 N–H and O–H groups in total. The molecule has 0 aromatic carbocycles. The molecule has 2 aromatic rings. The van der Waals surface area contributed by atoms with Gasteiger partial charge in [-0.2, -0.15) is 0 Å². The zero-order valence-electron chi connectivity index (χ0n) is 12.2. The minimum atomic E-state index is -0.262. The van der Waals surface area contributed by atoms with Crippen molar-refractivity contribution < 1.29 is 4.79 Å². The number of carbonyl (C=O) groups is 1. The van der Waals surface area contributed by atoms with Gasteiger partial charge in [-0.05, 0) is 37.0 Å². The third kappa shape index (κ3) is 3.91. The van der Waals surface area contributed by atoms with E-state index in [1.54, 1.807) is 6.20 Å². The molecule has 2 amide bonds. The van der Waals surface area contributed by atoms with Crippen LogP contribution in [0.25, 0.3) is 0 Å².